The summed E-state index contributed by atoms with van der Waals surface area (Å²) in [7, 11) is 0. The first-order chi connectivity index (χ1) is 13.9. The van der Waals surface area contributed by atoms with Crippen LogP contribution < -0.4 is 15.1 Å². The van der Waals surface area contributed by atoms with Gasteiger partial charge >= 0.3 is 0 Å². The van der Waals surface area contributed by atoms with E-state index in [4.69, 9.17) is 9.97 Å². The molecular weight excluding hydrogens is 346 g/mol. The Hall–Kier alpha value is -2.82. The molecule has 2 heterocycles. The minimum absolute atomic E-state index is 0.543. The molecule has 0 amide bonds. The zero-order valence-corrected chi connectivity index (χ0v) is 16.2. The lowest BCUT2D eigenvalue weighted by molar-refractivity contribution is 0.641. The van der Waals surface area contributed by atoms with E-state index in [0.717, 1.165) is 48.8 Å². The Labute approximate surface area is 166 Å². The first-order valence-corrected chi connectivity index (χ1v) is 10.4. The minimum Gasteiger partial charge on any atom is -0.368 e. The Balaban J connectivity index is 1.38. The fourth-order valence-electron chi connectivity index (χ4n) is 4.38. The second-order valence-corrected chi connectivity index (χ2v) is 7.82. The van der Waals surface area contributed by atoms with Gasteiger partial charge in [-0.05, 0) is 37.1 Å². The number of hydrogen-bond donors (Lipinski definition) is 1. The highest BCUT2D eigenvalue weighted by Crippen LogP contribution is 2.28. The highest BCUT2D eigenvalue weighted by Gasteiger charge is 2.22. The molecule has 5 heteroatoms. The van der Waals surface area contributed by atoms with E-state index >= 15 is 0 Å². The van der Waals surface area contributed by atoms with Crippen molar-refractivity contribution in [2.24, 2.45) is 0 Å². The van der Waals surface area contributed by atoms with Crippen LogP contribution in [0.25, 0.3) is 10.9 Å². The molecule has 0 atom stereocenters. The standard InChI is InChI=1S/C23H27N5/c1-2-10-19(11-3-1)27-14-16-28(17-15-27)23-25-21-13-7-6-12-20(21)22(26-23)24-18-8-4-5-9-18/h1-3,6-7,10-13,18H,4-5,8-9,14-17H2,(H,24,25,26). The van der Waals surface area contributed by atoms with Crippen molar-refractivity contribution in [1.82, 2.24) is 9.97 Å². The number of fused-ring (bicyclic) bond motifs is 1. The predicted octanol–water partition coefficient (Wildman–Crippen LogP) is 4.31. The molecule has 1 aliphatic carbocycles. The zero-order valence-electron chi connectivity index (χ0n) is 16.2. The summed E-state index contributed by atoms with van der Waals surface area (Å²) in [5.74, 6) is 1.85. The van der Waals surface area contributed by atoms with Gasteiger partial charge < -0.3 is 15.1 Å². The lowest BCUT2D eigenvalue weighted by Crippen LogP contribution is -2.47. The average Bonchev–Trinajstić information content (AvgIpc) is 3.27. The van der Waals surface area contributed by atoms with E-state index in [1.807, 2.05) is 0 Å². The quantitative estimate of drug-likeness (QED) is 0.738. The van der Waals surface area contributed by atoms with Gasteiger partial charge in [0.2, 0.25) is 5.95 Å². The van der Waals surface area contributed by atoms with Crippen molar-refractivity contribution in [1.29, 1.82) is 0 Å². The molecule has 1 saturated heterocycles. The molecule has 2 aromatic carbocycles. The number of piperazine rings is 1. The lowest BCUT2D eigenvalue weighted by Gasteiger charge is -2.36. The van der Waals surface area contributed by atoms with Crippen molar-refractivity contribution in [2.45, 2.75) is 31.7 Å². The first-order valence-electron chi connectivity index (χ1n) is 10.4. The second-order valence-electron chi connectivity index (χ2n) is 7.82. The van der Waals surface area contributed by atoms with Crippen LogP contribution in [-0.4, -0.2) is 42.2 Å². The molecule has 144 valence electrons. The van der Waals surface area contributed by atoms with Crippen LogP contribution in [0.5, 0.6) is 0 Å². The Morgan fingerprint density at radius 2 is 1.43 bits per heavy atom. The van der Waals surface area contributed by atoms with E-state index in [1.165, 1.54) is 31.4 Å². The van der Waals surface area contributed by atoms with Gasteiger partial charge in [0.25, 0.3) is 0 Å². The number of nitrogens with zero attached hydrogens (tertiary/aromatic N) is 4. The Bertz CT molecular complexity index is 928. The van der Waals surface area contributed by atoms with Gasteiger partial charge in [-0.25, -0.2) is 4.98 Å². The fourth-order valence-corrected chi connectivity index (χ4v) is 4.38. The van der Waals surface area contributed by atoms with Gasteiger partial charge in [0, 0.05) is 43.3 Å². The number of anilines is 3. The molecule has 1 aromatic heterocycles. The number of hydrogen-bond acceptors (Lipinski definition) is 5. The molecule has 3 aromatic rings. The summed E-state index contributed by atoms with van der Waals surface area (Å²) in [5.41, 5.74) is 2.32. The Morgan fingerprint density at radius 3 is 2.21 bits per heavy atom. The minimum atomic E-state index is 0.543. The second kappa shape index (κ2) is 7.66. The molecule has 28 heavy (non-hydrogen) atoms. The summed E-state index contributed by atoms with van der Waals surface area (Å²) in [6.07, 6.45) is 5.11. The van der Waals surface area contributed by atoms with Crippen molar-refractivity contribution in [3.8, 4) is 0 Å². The summed E-state index contributed by atoms with van der Waals surface area (Å²) < 4.78 is 0. The van der Waals surface area contributed by atoms with Crippen LogP contribution in [0.3, 0.4) is 0 Å². The number of para-hydroxylation sites is 2. The summed E-state index contributed by atoms with van der Waals surface area (Å²) in [4.78, 5) is 14.6. The van der Waals surface area contributed by atoms with Gasteiger partial charge in [-0.1, -0.05) is 43.2 Å². The summed E-state index contributed by atoms with van der Waals surface area (Å²) in [6, 6.07) is 19.6. The number of nitrogens with one attached hydrogen (secondary N) is 1. The van der Waals surface area contributed by atoms with Crippen molar-refractivity contribution < 1.29 is 0 Å². The molecule has 0 radical (unpaired) electrons. The highest BCUT2D eigenvalue weighted by atomic mass is 15.3. The molecule has 0 spiro atoms. The third-order valence-corrected chi connectivity index (χ3v) is 5.97. The van der Waals surface area contributed by atoms with E-state index in [1.54, 1.807) is 0 Å². The van der Waals surface area contributed by atoms with E-state index in [-0.39, 0.29) is 0 Å². The topological polar surface area (TPSA) is 44.3 Å². The number of benzene rings is 2. The fraction of sp³-hybridized carbons (Fsp3) is 0.391. The van der Waals surface area contributed by atoms with E-state index in [0.29, 0.717) is 6.04 Å². The van der Waals surface area contributed by atoms with Crippen LogP contribution in [0.2, 0.25) is 0 Å². The maximum Gasteiger partial charge on any atom is 0.228 e. The van der Waals surface area contributed by atoms with Gasteiger partial charge in [-0.3, -0.25) is 0 Å². The van der Waals surface area contributed by atoms with E-state index < -0.39 is 0 Å². The third-order valence-electron chi connectivity index (χ3n) is 5.97. The Morgan fingerprint density at radius 1 is 0.750 bits per heavy atom. The van der Waals surface area contributed by atoms with Crippen molar-refractivity contribution in [3.63, 3.8) is 0 Å². The van der Waals surface area contributed by atoms with Crippen LogP contribution in [0, 0.1) is 0 Å². The van der Waals surface area contributed by atoms with Crippen molar-refractivity contribution in [2.75, 3.05) is 41.3 Å². The maximum absolute atomic E-state index is 4.97. The van der Waals surface area contributed by atoms with Crippen molar-refractivity contribution >= 4 is 28.4 Å². The monoisotopic (exact) mass is 373 g/mol. The molecular formula is C23H27N5. The molecule has 5 rings (SSSR count). The molecule has 5 nitrogen and oxygen atoms in total. The number of aromatic nitrogens is 2. The molecule has 2 fully saturated rings. The van der Waals surface area contributed by atoms with Gasteiger partial charge in [0.05, 0.1) is 5.52 Å². The van der Waals surface area contributed by atoms with Crippen LogP contribution in [0.4, 0.5) is 17.5 Å². The molecule has 2 aliphatic rings. The van der Waals surface area contributed by atoms with E-state index in [9.17, 15) is 0 Å². The largest absolute Gasteiger partial charge is 0.368 e. The van der Waals surface area contributed by atoms with Crippen molar-refractivity contribution in [3.05, 3.63) is 54.6 Å². The van der Waals surface area contributed by atoms with Crippen LogP contribution in [0.1, 0.15) is 25.7 Å². The average molecular weight is 374 g/mol. The summed E-state index contributed by atoms with van der Waals surface area (Å²) in [6.45, 7) is 3.86. The highest BCUT2D eigenvalue weighted by molar-refractivity contribution is 5.90. The summed E-state index contributed by atoms with van der Waals surface area (Å²) >= 11 is 0. The predicted molar refractivity (Wildman–Crippen MR) is 116 cm³/mol. The Kier molecular flexibility index (Phi) is 4.73. The molecule has 0 bridgehead atoms. The van der Waals surface area contributed by atoms with Gasteiger partial charge in [0.15, 0.2) is 0 Å². The van der Waals surface area contributed by atoms with Gasteiger partial charge in [0.1, 0.15) is 5.82 Å². The maximum atomic E-state index is 4.97. The van der Waals surface area contributed by atoms with E-state index in [2.05, 4.69) is 69.7 Å². The number of rotatable bonds is 4. The SMILES string of the molecule is c1ccc(N2CCN(c3nc(NC4CCCC4)c4ccccc4n3)CC2)cc1. The molecule has 1 saturated carbocycles. The summed E-state index contributed by atoms with van der Waals surface area (Å²) in [5, 5.41) is 4.84. The zero-order chi connectivity index (χ0) is 18.8. The third kappa shape index (κ3) is 3.49. The van der Waals surface area contributed by atoms with Gasteiger partial charge in [-0.2, -0.15) is 4.98 Å². The van der Waals surface area contributed by atoms with Crippen LogP contribution >= 0.6 is 0 Å². The smallest absolute Gasteiger partial charge is 0.228 e. The molecule has 1 aliphatic heterocycles. The van der Waals surface area contributed by atoms with Crippen LogP contribution in [-0.2, 0) is 0 Å². The molecule has 0 unspecified atom stereocenters. The first kappa shape index (κ1) is 17.3. The van der Waals surface area contributed by atoms with Crippen LogP contribution in [0.15, 0.2) is 54.6 Å². The molecule has 1 N–H and O–H groups in total. The van der Waals surface area contributed by atoms with Gasteiger partial charge in [-0.15, -0.1) is 0 Å². The lowest BCUT2D eigenvalue weighted by atomic mass is 10.2. The normalized spacial score (nSPS) is 18.0.